The van der Waals surface area contributed by atoms with Crippen molar-refractivity contribution in [3.8, 4) is 0 Å². The van der Waals surface area contributed by atoms with Crippen molar-refractivity contribution in [2.45, 2.75) is 20.8 Å². The quantitative estimate of drug-likeness (QED) is 0.582. The minimum atomic E-state index is 0.501. The molecule has 12 heavy (non-hydrogen) atoms. The minimum absolute atomic E-state index is 0.501. The van der Waals surface area contributed by atoms with Crippen LogP contribution in [-0.4, -0.2) is 12.4 Å². The second-order valence-electron chi connectivity index (χ2n) is 3.20. The monoisotopic (exact) mass is 164 g/mol. The lowest BCUT2D eigenvalue weighted by Gasteiger charge is -2.05. The van der Waals surface area contributed by atoms with E-state index in [4.69, 9.17) is 0 Å². The summed E-state index contributed by atoms with van der Waals surface area (Å²) in [6.45, 7) is 7.01. The van der Waals surface area contributed by atoms with E-state index in [1.807, 2.05) is 13.1 Å². The van der Waals surface area contributed by atoms with Gasteiger partial charge in [-0.05, 0) is 32.0 Å². The van der Waals surface area contributed by atoms with Gasteiger partial charge in [0.2, 0.25) is 0 Å². The topological polar surface area (TPSA) is 24.4 Å². The summed E-state index contributed by atoms with van der Waals surface area (Å²) >= 11 is 0. The molecule has 0 saturated carbocycles. The molecule has 0 aromatic heterocycles. The third-order valence-corrected chi connectivity index (χ3v) is 2.09. The van der Waals surface area contributed by atoms with Gasteiger partial charge in [0.1, 0.15) is 6.67 Å². The molecule has 1 aliphatic rings. The SMILES string of the molecule is C/C1=C/NC/N=C(C)\C=C/C1C. The summed E-state index contributed by atoms with van der Waals surface area (Å²) in [5.74, 6) is 0.501. The van der Waals surface area contributed by atoms with Gasteiger partial charge in [-0.2, -0.15) is 0 Å². The zero-order valence-electron chi connectivity index (χ0n) is 7.96. The van der Waals surface area contributed by atoms with Gasteiger partial charge in [0.25, 0.3) is 0 Å². The Bertz CT molecular complexity index is 236. The number of aliphatic imine (C=N–C) groups is 1. The molecule has 1 heterocycles. The molecule has 0 aliphatic carbocycles. The fourth-order valence-corrected chi connectivity index (χ4v) is 0.997. The van der Waals surface area contributed by atoms with Gasteiger partial charge in [-0.25, -0.2) is 0 Å². The lowest BCUT2D eigenvalue weighted by molar-refractivity contribution is 0.817. The maximum absolute atomic E-state index is 4.29. The van der Waals surface area contributed by atoms with Crippen molar-refractivity contribution in [3.63, 3.8) is 0 Å². The average Bonchev–Trinajstić information content (AvgIpc) is 2.11. The van der Waals surface area contributed by atoms with Crippen LogP contribution >= 0.6 is 0 Å². The Balaban J connectivity index is 2.77. The van der Waals surface area contributed by atoms with Gasteiger partial charge < -0.3 is 5.32 Å². The first-order chi connectivity index (χ1) is 5.70. The van der Waals surface area contributed by atoms with Gasteiger partial charge in [-0.3, -0.25) is 4.99 Å². The first kappa shape index (κ1) is 9.04. The zero-order valence-corrected chi connectivity index (χ0v) is 7.96. The predicted molar refractivity (Wildman–Crippen MR) is 53.2 cm³/mol. The molecule has 0 aromatic carbocycles. The summed E-state index contributed by atoms with van der Waals surface area (Å²) in [4.78, 5) is 4.29. The Morgan fingerprint density at radius 3 is 3.00 bits per heavy atom. The largest absolute Gasteiger partial charge is 0.372 e. The summed E-state index contributed by atoms with van der Waals surface area (Å²) in [5, 5.41) is 3.15. The third-order valence-electron chi connectivity index (χ3n) is 2.09. The number of hydrogen-bond acceptors (Lipinski definition) is 2. The van der Waals surface area contributed by atoms with Gasteiger partial charge in [0.15, 0.2) is 0 Å². The van der Waals surface area contributed by atoms with Crippen molar-refractivity contribution in [2.24, 2.45) is 10.9 Å². The number of hydrogen-bond donors (Lipinski definition) is 1. The van der Waals surface area contributed by atoms with Crippen molar-refractivity contribution >= 4 is 5.71 Å². The molecule has 1 N–H and O–H groups in total. The van der Waals surface area contributed by atoms with E-state index in [0.29, 0.717) is 12.6 Å². The molecule has 0 bridgehead atoms. The molecule has 0 saturated heterocycles. The molecule has 0 aromatic rings. The number of nitrogens with zero attached hydrogens (tertiary/aromatic N) is 1. The van der Waals surface area contributed by atoms with E-state index in [1.54, 1.807) is 0 Å². The Kier molecular flexibility index (Phi) is 3.09. The van der Waals surface area contributed by atoms with Crippen LogP contribution in [0.2, 0.25) is 0 Å². The van der Waals surface area contributed by atoms with Crippen LogP contribution < -0.4 is 5.32 Å². The molecular weight excluding hydrogens is 148 g/mol. The van der Waals surface area contributed by atoms with E-state index in [9.17, 15) is 0 Å². The summed E-state index contributed by atoms with van der Waals surface area (Å²) in [6.07, 6.45) is 6.30. The molecule has 1 rings (SSSR count). The van der Waals surface area contributed by atoms with Crippen LogP contribution in [-0.2, 0) is 0 Å². The normalized spacial score (nSPS) is 35.8. The van der Waals surface area contributed by atoms with E-state index < -0.39 is 0 Å². The molecule has 66 valence electrons. The van der Waals surface area contributed by atoms with Crippen LogP contribution in [0.25, 0.3) is 0 Å². The highest BCUT2D eigenvalue weighted by Crippen LogP contribution is 2.10. The molecular formula is C10H16N2. The van der Waals surface area contributed by atoms with Crippen LogP contribution in [0.5, 0.6) is 0 Å². The molecule has 1 unspecified atom stereocenters. The highest BCUT2D eigenvalue weighted by atomic mass is 15.0. The Morgan fingerprint density at radius 2 is 2.25 bits per heavy atom. The summed E-state index contributed by atoms with van der Waals surface area (Å²) in [6, 6.07) is 0. The van der Waals surface area contributed by atoms with Crippen LogP contribution in [0.3, 0.4) is 0 Å². The second kappa shape index (κ2) is 4.10. The van der Waals surface area contributed by atoms with E-state index in [0.717, 1.165) is 5.71 Å². The van der Waals surface area contributed by atoms with Crippen molar-refractivity contribution in [2.75, 3.05) is 6.67 Å². The smallest absolute Gasteiger partial charge is 0.107 e. The predicted octanol–water partition coefficient (Wildman–Crippen LogP) is 2.10. The average molecular weight is 164 g/mol. The van der Waals surface area contributed by atoms with E-state index >= 15 is 0 Å². The molecule has 0 fully saturated rings. The molecule has 2 heteroatoms. The van der Waals surface area contributed by atoms with Crippen LogP contribution in [0.15, 0.2) is 28.9 Å². The molecule has 2 nitrogen and oxygen atoms in total. The lowest BCUT2D eigenvalue weighted by atomic mass is 10.0. The van der Waals surface area contributed by atoms with Gasteiger partial charge >= 0.3 is 0 Å². The standard InChI is InChI=1S/C10H16N2/c1-8-4-5-10(3)12-7-11-6-9(8)2/h4-6,8,11H,7H2,1-3H3/b5-4-,9-6-,12-10-. The van der Waals surface area contributed by atoms with Gasteiger partial charge in [-0.1, -0.05) is 18.6 Å². The van der Waals surface area contributed by atoms with Crippen LogP contribution in [0, 0.1) is 5.92 Å². The molecule has 1 aliphatic heterocycles. The molecule has 1 atom stereocenters. The number of nitrogens with one attached hydrogen (secondary N) is 1. The van der Waals surface area contributed by atoms with Crippen molar-refractivity contribution in [3.05, 3.63) is 23.9 Å². The maximum atomic E-state index is 4.29. The Labute approximate surface area is 74.1 Å². The van der Waals surface area contributed by atoms with Crippen molar-refractivity contribution < 1.29 is 0 Å². The summed E-state index contributed by atoms with van der Waals surface area (Å²) in [5.41, 5.74) is 2.42. The van der Waals surface area contributed by atoms with E-state index in [1.165, 1.54) is 5.57 Å². The van der Waals surface area contributed by atoms with E-state index in [2.05, 4.69) is 36.3 Å². The highest BCUT2D eigenvalue weighted by Gasteiger charge is 1.99. The van der Waals surface area contributed by atoms with Gasteiger partial charge in [0.05, 0.1) is 0 Å². The molecule has 0 radical (unpaired) electrons. The van der Waals surface area contributed by atoms with Crippen LogP contribution in [0.1, 0.15) is 20.8 Å². The Morgan fingerprint density at radius 1 is 1.50 bits per heavy atom. The number of allylic oxidation sites excluding steroid dienone is 3. The molecule has 0 spiro atoms. The zero-order chi connectivity index (χ0) is 8.97. The summed E-state index contributed by atoms with van der Waals surface area (Å²) in [7, 11) is 0. The summed E-state index contributed by atoms with van der Waals surface area (Å²) < 4.78 is 0. The fourth-order valence-electron chi connectivity index (χ4n) is 0.997. The highest BCUT2D eigenvalue weighted by molar-refractivity contribution is 5.92. The van der Waals surface area contributed by atoms with Crippen LogP contribution in [0.4, 0.5) is 0 Å². The van der Waals surface area contributed by atoms with Gasteiger partial charge in [-0.15, -0.1) is 0 Å². The van der Waals surface area contributed by atoms with Crippen molar-refractivity contribution in [1.29, 1.82) is 0 Å². The third kappa shape index (κ3) is 2.53. The fraction of sp³-hybridized carbons (Fsp3) is 0.500. The minimum Gasteiger partial charge on any atom is -0.372 e. The Hall–Kier alpha value is -1.05. The second-order valence-corrected chi connectivity index (χ2v) is 3.20. The first-order valence-corrected chi connectivity index (χ1v) is 4.29. The first-order valence-electron chi connectivity index (χ1n) is 4.29. The lowest BCUT2D eigenvalue weighted by Crippen LogP contribution is -2.07. The molecule has 0 amide bonds. The van der Waals surface area contributed by atoms with Crippen molar-refractivity contribution in [1.82, 2.24) is 5.32 Å². The van der Waals surface area contributed by atoms with E-state index in [-0.39, 0.29) is 0 Å². The van der Waals surface area contributed by atoms with Gasteiger partial charge in [0, 0.05) is 5.71 Å². The number of rotatable bonds is 0. The maximum Gasteiger partial charge on any atom is 0.107 e.